The van der Waals surface area contributed by atoms with Crippen LogP contribution in [0.2, 0.25) is 0 Å². The number of carbonyl (C=O) groups is 1. The number of carbonyl (C=O) groups excluding carboxylic acids is 1. The number of ether oxygens (including phenoxy) is 1. The highest BCUT2D eigenvalue weighted by atomic mass is 16.5. The number of hydrogen-bond donors (Lipinski definition) is 1. The van der Waals surface area contributed by atoms with Gasteiger partial charge in [-0.1, -0.05) is 24.3 Å². The summed E-state index contributed by atoms with van der Waals surface area (Å²) in [6, 6.07) is 14.7. The molecule has 0 saturated carbocycles. The van der Waals surface area contributed by atoms with Gasteiger partial charge in [0.1, 0.15) is 11.8 Å². The fraction of sp³-hybridized carbons (Fsp3) is 0.176. The Hall–Kier alpha value is -2.80. The van der Waals surface area contributed by atoms with Gasteiger partial charge >= 0.3 is 0 Å². The summed E-state index contributed by atoms with van der Waals surface area (Å²) in [5.41, 5.74) is 2.98. The Morgan fingerprint density at radius 2 is 2.00 bits per heavy atom. The van der Waals surface area contributed by atoms with Crippen molar-refractivity contribution in [3.63, 3.8) is 0 Å². The number of anilines is 1. The number of nitrogens with zero attached hydrogens (tertiary/aromatic N) is 1. The van der Waals surface area contributed by atoms with E-state index in [1.54, 1.807) is 24.3 Å². The average Bonchev–Trinajstić information content (AvgIpc) is 2.49. The van der Waals surface area contributed by atoms with E-state index in [4.69, 9.17) is 10.00 Å². The number of aryl methyl sites for hydroxylation is 2. The minimum absolute atomic E-state index is 0.0932. The molecular formula is C17H16N2O2. The zero-order valence-electron chi connectivity index (χ0n) is 12.0. The number of hydrogen-bond acceptors (Lipinski definition) is 3. The monoisotopic (exact) mass is 280 g/mol. The van der Waals surface area contributed by atoms with Crippen molar-refractivity contribution < 1.29 is 9.53 Å². The van der Waals surface area contributed by atoms with Crippen molar-refractivity contribution in [2.24, 2.45) is 0 Å². The minimum atomic E-state index is -0.293. The first kappa shape index (κ1) is 14.6. The van der Waals surface area contributed by atoms with E-state index < -0.39 is 0 Å². The number of benzene rings is 2. The van der Waals surface area contributed by atoms with Gasteiger partial charge in [0.25, 0.3) is 5.91 Å². The van der Waals surface area contributed by atoms with Crippen molar-refractivity contribution in [3.05, 3.63) is 59.2 Å². The van der Waals surface area contributed by atoms with Crippen LogP contribution in [0.5, 0.6) is 5.75 Å². The highest BCUT2D eigenvalue weighted by Crippen LogP contribution is 2.19. The Kier molecular flexibility index (Phi) is 4.57. The maximum absolute atomic E-state index is 11.9. The number of nitrogens with one attached hydrogen (secondary N) is 1. The number of rotatable bonds is 4. The third-order valence-corrected chi connectivity index (χ3v) is 3.02. The van der Waals surface area contributed by atoms with Crippen LogP contribution in [0.1, 0.15) is 16.7 Å². The first-order chi connectivity index (χ1) is 10.1. The summed E-state index contributed by atoms with van der Waals surface area (Å²) in [7, 11) is 0. The van der Waals surface area contributed by atoms with Gasteiger partial charge in [-0.3, -0.25) is 4.79 Å². The lowest BCUT2D eigenvalue weighted by molar-refractivity contribution is -0.118. The van der Waals surface area contributed by atoms with Crippen LogP contribution >= 0.6 is 0 Å². The third kappa shape index (κ3) is 3.83. The van der Waals surface area contributed by atoms with Crippen LogP contribution in [0.3, 0.4) is 0 Å². The van der Waals surface area contributed by atoms with Crippen LogP contribution in [0.25, 0.3) is 0 Å². The molecule has 0 bridgehead atoms. The number of amides is 1. The molecule has 1 N–H and O–H groups in total. The van der Waals surface area contributed by atoms with Crippen molar-refractivity contribution in [2.45, 2.75) is 13.8 Å². The van der Waals surface area contributed by atoms with E-state index in [0.29, 0.717) is 17.0 Å². The molecule has 0 unspecified atom stereocenters. The molecule has 2 aromatic rings. The van der Waals surface area contributed by atoms with Crippen LogP contribution in [-0.2, 0) is 4.79 Å². The third-order valence-electron chi connectivity index (χ3n) is 3.02. The summed E-state index contributed by atoms with van der Waals surface area (Å²) >= 11 is 0. The van der Waals surface area contributed by atoms with Gasteiger partial charge in [-0.25, -0.2) is 0 Å². The fourth-order valence-electron chi connectivity index (χ4n) is 1.88. The molecule has 0 radical (unpaired) electrons. The predicted molar refractivity (Wildman–Crippen MR) is 81.2 cm³/mol. The minimum Gasteiger partial charge on any atom is -0.483 e. The topological polar surface area (TPSA) is 62.1 Å². The fourth-order valence-corrected chi connectivity index (χ4v) is 1.88. The Morgan fingerprint density at radius 1 is 1.24 bits per heavy atom. The van der Waals surface area contributed by atoms with E-state index in [2.05, 4.69) is 5.32 Å². The maximum atomic E-state index is 11.9. The number of nitriles is 1. The second-order valence-electron chi connectivity index (χ2n) is 4.76. The molecule has 0 heterocycles. The van der Waals surface area contributed by atoms with Gasteiger partial charge in [-0.15, -0.1) is 0 Å². The van der Waals surface area contributed by atoms with E-state index in [9.17, 15) is 4.79 Å². The lowest BCUT2D eigenvalue weighted by Gasteiger charge is -2.11. The molecule has 0 atom stereocenters. The van der Waals surface area contributed by atoms with Gasteiger partial charge in [0, 0.05) is 0 Å². The van der Waals surface area contributed by atoms with Gasteiger partial charge < -0.3 is 10.1 Å². The first-order valence-corrected chi connectivity index (χ1v) is 6.59. The van der Waals surface area contributed by atoms with E-state index in [1.807, 2.05) is 38.1 Å². The zero-order chi connectivity index (χ0) is 15.2. The molecule has 0 spiro atoms. The summed E-state index contributed by atoms with van der Waals surface area (Å²) in [6.45, 7) is 3.80. The maximum Gasteiger partial charge on any atom is 0.262 e. The Balaban J connectivity index is 2.00. The Labute approximate surface area is 124 Å². The molecule has 0 aliphatic rings. The van der Waals surface area contributed by atoms with Crippen molar-refractivity contribution >= 4 is 11.6 Å². The van der Waals surface area contributed by atoms with E-state index >= 15 is 0 Å². The van der Waals surface area contributed by atoms with Gasteiger partial charge in [-0.2, -0.15) is 5.26 Å². The quantitative estimate of drug-likeness (QED) is 0.935. The molecule has 0 fully saturated rings. The van der Waals surface area contributed by atoms with Crippen molar-refractivity contribution in [1.82, 2.24) is 0 Å². The van der Waals surface area contributed by atoms with Crippen LogP contribution in [0.15, 0.2) is 42.5 Å². The molecule has 4 nitrogen and oxygen atoms in total. The van der Waals surface area contributed by atoms with Crippen LogP contribution in [0.4, 0.5) is 5.69 Å². The number of para-hydroxylation sites is 1. The lowest BCUT2D eigenvalue weighted by atomic mass is 10.1. The molecule has 4 heteroatoms. The summed E-state index contributed by atoms with van der Waals surface area (Å²) < 4.78 is 5.53. The highest BCUT2D eigenvalue weighted by Gasteiger charge is 2.08. The molecule has 0 aromatic heterocycles. The lowest BCUT2D eigenvalue weighted by Crippen LogP contribution is -2.21. The highest BCUT2D eigenvalue weighted by molar-refractivity contribution is 5.93. The predicted octanol–water partition coefficient (Wildman–Crippen LogP) is 3.19. The van der Waals surface area contributed by atoms with Crippen molar-refractivity contribution in [3.8, 4) is 11.8 Å². The van der Waals surface area contributed by atoms with Crippen molar-refractivity contribution in [2.75, 3.05) is 11.9 Å². The molecular weight excluding hydrogens is 264 g/mol. The summed E-state index contributed by atoms with van der Waals surface area (Å²) in [4.78, 5) is 11.9. The normalized spacial score (nSPS) is 9.76. The molecule has 0 aliphatic heterocycles. The molecule has 2 aromatic carbocycles. The van der Waals surface area contributed by atoms with Crippen LogP contribution < -0.4 is 10.1 Å². The SMILES string of the molecule is Cc1ccc(C)c(OCC(=O)Nc2ccccc2C#N)c1. The molecule has 0 aliphatic carbocycles. The smallest absolute Gasteiger partial charge is 0.262 e. The van der Waals surface area contributed by atoms with E-state index in [1.165, 1.54) is 0 Å². The van der Waals surface area contributed by atoms with Gasteiger partial charge in [0.2, 0.25) is 0 Å². The molecule has 2 rings (SSSR count). The Bertz CT molecular complexity index is 702. The second-order valence-corrected chi connectivity index (χ2v) is 4.76. The molecule has 0 saturated heterocycles. The average molecular weight is 280 g/mol. The second kappa shape index (κ2) is 6.58. The van der Waals surface area contributed by atoms with Gasteiger partial charge in [-0.05, 0) is 43.2 Å². The molecule has 106 valence electrons. The molecule has 1 amide bonds. The Morgan fingerprint density at radius 3 is 2.76 bits per heavy atom. The van der Waals surface area contributed by atoms with Crippen molar-refractivity contribution in [1.29, 1.82) is 5.26 Å². The van der Waals surface area contributed by atoms with Crippen LogP contribution in [0, 0.1) is 25.2 Å². The summed E-state index contributed by atoms with van der Waals surface area (Å²) in [5, 5.41) is 11.7. The van der Waals surface area contributed by atoms with Gasteiger partial charge in [0.15, 0.2) is 6.61 Å². The summed E-state index contributed by atoms with van der Waals surface area (Å²) in [6.07, 6.45) is 0. The summed E-state index contributed by atoms with van der Waals surface area (Å²) in [5.74, 6) is 0.400. The van der Waals surface area contributed by atoms with E-state index in [-0.39, 0.29) is 12.5 Å². The molecule has 21 heavy (non-hydrogen) atoms. The van der Waals surface area contributed by atoms with Gasteiger partial charge in [0.05, 0.1) is 11.3 Å². The van der Waals surface area contributed by atoms with Crippen LogP contribution in [-0.4, -0.2) is 12.5 Å². The van der Waals surface area contributed by atoms with E-state index in [0.717, 1.165) is 11.1 Å². The first-order valence-electron chi connectivity index (χ1n) is 6.59. The largest absolute Gasteiger partial charge is 0.483 e. The zero-order valence-corrected chi connectivity index (χ0v) is 12.0. The standard InChI is InChI=1S/C17H16N2O2/c1-12-7-8-13(2)16(9-12)21-11-17(20)19-15-6-4-3-5-14(15)10-18/h3-9H,11H2,1-2H3,(H,19,20).